The van der Waals surface area contributed by atoms with Crippen LogP contribution in [0.3, 0.4) is 0 Å². The van der Waals surface area contributed by atoms with Gasteiger partial charge in [0.15, 0.2) is 5.82 Å². The molecule has 0 aliphatic heterocycles. The fraction of sp³-hybridized carbons (Fsp3) is 0.667. The molecule has 0 radical (unpaired) electrons. The Morgan fingerprint density at radius 1 is 1.35 bits per heavy atom. The normalized spacial score (nSPS) is 11.5. The first kappa shape index (κ1) is 13.7. The van der Waals surface area contributed by atoms with E-state index in [4.69, 9.17) is 10.5 Å². The monoisotopic (exact) mass is 238 g/mol. The van der Waals surface area contributed by atoms with E-state index in [1.54, 1.807) is 13.2 Å². The average molecular weight is 238 g/mol. The molecule has 1 heterocycles. The Morgan fingerprint density at radius 3 is 2.65 bits per heavy atom. The number of hydrogen-bond acceptors (Lipinski definition) is 5. The first-order valence-electron chi connectivity index (χ1n) is 5.77. The molecule has 0 unspecified atom stereocenters. The Balaban J connectivity index is 2.58. The van der Waals surface area contributed by atoms with Gasteiger partial charge in [-0.15, -0.1) is 0 Å². The number of methoxy groups -OCH3 is 1. The predicted octanol–water partition coefficient (Wildman–Crippen LogP) is 2.05. The molecule has 0 spiro atoms. The van der Waals surface area contributed by atoms with E-state index in [9.17, 15) is 0 Å². The van der Waals surface area contributed by atoms with Crippen molar-refractivity contribution in [1.29, 1.82) is 0 Å². The highest BCUT2D eigenvalue weighted by molar-refractivity contribution is 5.44. The summed E-state index contributed by atoms with van der Waals surface area (Å²) >= 11 is 0. The van der Waals surface area contributed by atoms with Crippen molar-refractivity contribution in [2.75, 3.05) is 24.7 Å². The van der Waals surface area contributed by atoms with Gasteiger partial charge in [0.25, 0.3) is 0 Å². The molecular formula is C12H22N4O. The summed E-state index contributed by atoms with van der Waals surface area (Å²) in [5.41, 5.74) is 6.01. The van der Waals surface area contributed by atoms with Gasteiger partial charge in [-0.05, 0) is 11.8 Å². The molecule has 0 aromatic carbocycles. The van der Waals surface area contributed by atoms with Gasteiger partial charge in [0.05, 0.1) is 0 Å². The number of aromatic nitrogens is 2. The van der Waals surface area contributed by atoms with Crippen LogP contribution in [0.25, 0.3) is 0 Å². The van der Waals surface area contributed by atoms with E-state index in [1.165, 1.54) is 0 Å². The van der Waals surface area contributed by atoms with Crippen LogP contribution in [0.15, 0.2) is 6.07 Å². The minimum absolute atomic E-state index is 0.306. The maximum atomic E-state index is 5.70. The average Bonchev–Trinajstić information content (AvgIpc) is 2.15. The Labute approximate surface area is 103 Å². The second-order valence-electron chi connectivity index (χ2n) is 5.26. The highest BCUT2D eigenvalue weighted by Gasteiger charge is 2.09. The van der Waals surface area contributed by atoms with E-state index in [0.29, 0.717) is 23.7 Å². The molecule has 0 atom stereocenters. The Hall–Kier alpha value is -1.36. The lowest BCUT2D eigenvalue weighted by molar-refractivity contribution is 0.178. The van der Waals surface area contributed by atoms with E-state index in [2.05, 4.69) is 36.1 Å². The van der Waals surface area contributed by atoms with E-state index >= 15 is 0 Å². The summed E-state index contributed by atoms with van der Waals surface area (Å²) in [5.74, 6) is 1.82. The largest absolute Gasteiger partial charge is 0.384 e. The topological polar surface area (TPSA) is 73.1 Å². The molecule has 0 bridgehead atoms. The molecule has 1 aromatic rings. The van der Waals surface area contributed by atoms with Gasteiger partial charge in [0, 0.05) is 19.7 Å². The lowest BCUT2D eigenvalue weighted by Gasteiger charge is -2.18. The summed E-state index contributed by atoms with van der Waals surface area (Å²) in [6, 6.07) is 1.74. The van der Waals surface area contributed by atoms with Crippen LogP contribution in [0.5, 0.6) is 0 Å². The van der Waals surface area contributed by atoms with Crippen molar-refractivity contribution in [2.24, 2.45) is 5.41 Å². The van der Waals surface area contributed by atoms with Gasteiger partial charge >= 0.3 is 0 Å². The summed E-state index contributed by atoms with van der Waals surface area (Å²) in [5, 5.41) is 3.25. The van der Waals surface area contributed by atoms with Crippen LogP contribution in [0, 0.1) is 5.41 Å². The van der Waals surface area contributed by atoms with Crippen LogP contribution in [0.4, 0.5) is 11.6 Å². The fourth-order valence-electron chi connectivity index (χ4n) is 1.37. The van der Waals surface area contributed by atoms with Crippen molar-refractivity contribution in [1.82, 2.24) is 9.97 Å². The van der Waals surface area contributed by atoms with Crippen LogP contribution in [-0.4, -0.2) is 23.6 Å². The van der Waals surface area contributed by atoms with Gasteiger partial charge in [-0.3, -0.25) is 0 Å². The number of hydrogen-bond donors (Lipinski definition) is 2. The number of nitrogens with zero attached hydrogens (tertiary/aromatic N) is 2. The molecule has 0 fully saturated rings. The van der Waals surface area contributed by atoms with Gasteiger partial charge in [-0.25, -0.2) is 9.97 Å². The van der Waals surface area contributed by atoms with Crippen LogP contribution in [0.1, 0.15) is 33.0 Å². The number of ether oxygens (including phenoxy) is 1. The standard InChI is InChI=1S/C12H22N4O/c1-12(2,3)5-6-14-10-7-9(13)15-11(16-10)8-17-4/h7H,5-6,8H2,1-4H3,(H3,13,14,15,16). The minimum atomic E-state index is 0.306. The summed E-state index contributed by atoms with van der Waals surface area (Å²) in [7, 11) is 1.61. The van der Waals surface area contributed by atoms with Gasteiger partial charge < -0.3 is 15.8 Å². The minimum Gasteiger partial charge on any atom is -0.384 e. The lowest BCUT2D eigenvalue weighted by Crippen LogP contribution is -2.14. The zero-order valence-electron chi connectivity index (χ0n) is 11.1. The Kier molecular flexibility index (Phi) is 4.69. The van der Waals surface area contributed by atoms with Gasteiger partial charge in [0.1, 0.15) is 18.2 Å². The zero-order chi connectivity index (χ0) is 12.9. The molecular weight excluding hydrogens is 216 g/mol. The maximum absolute atomic E-state index is 5.70. The Morgan fingerprint density at radius 2 is 2.06 bits per heavy atom. The molecule has 1 rings (SSSR count). The summed E-state index contributed by atoms with van der Waals surface area (Å²) in [6.07, 6.45) is 1.07. The molecule has 0 aliphatic rings. The van der Waals surface area contributed by atoms with E-state index in [-0.39, 0.29) is 0 Å². The smallest absolute Gasteiger partial charge is 0.158 e. The van der Waals surface area contributed by atoms with Crippen LogP contribution < -0.4 is 11.1 Å². The molecule has 1 aromatic heterocycles. The molecule has 0 amide bonds. The van der Waals surface area contributed by atoms with Gasteiger partial charge in [-0.2, -0.15) is 0 Å². The molecule has 3 N–H and O–H groups in total. The third-order valence-corrected chi connectivity index (χ3v) is 2.25. The zero-order valence-corrected chi connectivity index (χ0v) is 11.1. The highest BCUT2D eigenvalue weighted by atomic mass is 16.5. The quantitative estimate of drug-likeness (QED) is 0.821. The molecule has 17 heavy (non-hydrogen) atoms. The first-order chi connectivity index (χ1) is 7.90. The van der Waals surface area contributed by atoms with Crippen molar-refractivity contribution < 1.29 is 4.74 Å². The number of nitrogen functional groups attached to an aromatic ring is 1. The second kappa shape index (κ2) is 5.82. The molecule has 0 saturated carbocycles. The van der Waals surface area contributed by atoms with Crippen LogP contribution in [-0.2, 0) is 11.3 Å². The first-order valence-corrected chi connectivity index (χ1v) is 5.77. The van der Waals surface area contributed by atoms with Crippen LogP contribution in [0.2, 0.25) is 0 Å². The number of nitrogens with two attached hydrogens (primary N) is 1. The van der Waals surface area contributed by atoms with Crippen molar-refractivity contribution in [3.63, 3.8) is 0 Å². The van der Waals surface area contributed by atoms with Crippen LogP contribution >= 0.6 is 0 Å². The Bertz CT molecular complexity index is 360. The molecule has 5 heteroatoms. The summed E-state index contributed by atoms with van der Waals surface area (Å²) in [4.78, 5) is 8.40. The summed E-state index contributed by atoms with van der Waals surface area (Å²) in [6.45, 7) is 7.86. The van der Waals surface area contributed by atoms with Crippen molar-refractivity contribution >= 4 is 11.6 Å². The maximum Gasteiger partial charge on any atom is 0.158 e. The SMILES string of the molecule is COCc1nc(N)cc(NCCC(C)(C)C)n1. The highest BCUT2D eigenvalue weighted by Crippen LogP contribution is 2.18. The van der Waals surface area contributed by atoms with Crippen molar-refractivity contribution in [2.45, 2.75) is 33.8 Å². The molecule has 0 aliphatic carbocycles. The molecule has 5 nitrogen and oxygen atoms in total. The molecule has 96 valence electrons. The van der Waals surface area contributed by atoms with Gasteiger partial charge in [-0.1, -0.05) is 20.8 Å². The number of rotatable bonds is 5. The number of anilines is 2. The van der Waals surface area contributed by atoms with Crippen molar-refractivity contribution in [3.8, 4) is 0 Å². The van der Waals surface area contributed by atoms with E-state index in [1.807, 2.05) is 0 Å². The molecule has 0 saturated heterocycles. The fourth-order valence-corrected chi connectivity index (χ4v) is 1.37. The van der Waals surface area contributed by atoms with E-state index < -0.39 is 0 Å². The van der Waals surface area contributed by atoms with E-state index in [0.717, 1.165) is 18.8 Å². The van der Waals surface area contributed by atoms with Gasteiger partial charge in [0.2, 0.25) is 0 Å². The lowest BCUT2D eigenvalue weighted by atomic mass is 9.92. The van der Waals surface area contributed by atoms with Crippen molar-refractivity contribution in [3.05, 3.63) is 11.9 Å². The summed E-state index contributed by atoms with van der Waals surface area (Å²) < 4.78 is 4.99. The third-order valence-electron chi connectivity index (χ3n) is 2.25. The second-order valence-corrected chi connectivity index (χ2v) is 5.26. The number of nitrogens with one attached hydrogen (secondary N) is 1. The predicted molar refractivity (Wildman–Crippen MR) is 69.7 cm³/mol. The third kappa shape index (κ3) is 5.49.